The summed E-state index contributed by atoms with van der Waals surface area (Å²) < 4.78 is 5.47. The Morgan fingerprint density at radius 1 is 1.05 bits per heavy atom. The summed E-state index contributed by atoms with van der Waals surface area (Å²) in [5, 5.41) is 3.29. The molecule has 0 aliphatic heterocycles. The molecule has 0 amide bonds. The summed E-state index contributed by atoms with van der Waals surface area (Å²) >= 11 is 0. The van der Waals surface area contributed by atoms with Crippen molar-refractivity contribution < 1.29 is 4.74 Å². The van der Waals surface area contributed by atoms with Crippen molar-refractivity contribution in [2.24, 2.45) is 0 Å². The molecule has 0 fully saturated rings. The second kappa shape index (κ2) is 8.06. The van der Waals surface area contributed by atoms with Crippen molar-refractivity contribution >= 4 is 6.08 Å². The van der Waals surface area contributed by atoms with Crippen LogP contribution < -0.4 is 10.1 Å². The van der Waals surface area contributed by atoms with Crippen LogP contribution in [0.4, 0.5) is 0 Å². The zero-order valence-corrected chi connectivity index (χ0v) is 10.8. The molecule has 1 aromatic heterocycles. The minimum atomic E-state index is 0.621. The average molecular weight is 254 g/mol. The average Bonchev–Trinajstić information content (AvgIpc) is 2.48. The molecule has 98 valence electrons. The number of rotatable bonds is 7. The van der Waals surface area contributed by atoms with E-state index >= 15 is 0 Å². The number of hydrogen-bond acceptors (Lipinski definition) is 3. The highest BCUT2D eigenvalue weighted by Crippen LogP contribution is 2.02. The Kier molecular flexibility index (Phi) is 5.64. The van der Waals surface area contributed by atoms with E-state index in [1.165, 1.54) is 5.56 Å². The second-order valence-electron chi connectivity index (χ2n) is 4.03. The zero-order chi connectivity index (χ0) is 13.2. The fourth-order valence-corrected chi connectivity index (χ4v) is 1.60. The largest absolute Gasteiger partial charge is 0.476 e. The first-order valence-corrected chi connectivity index (χ1v) is 6.41. The topological polar surface area (TPSA) is 34.1 Å². The summed E-state index contributed by atoms with van der Waals surface area (Å²) in [6.07, 6.45) is 5.94. The van der Waals surface area contributed by atoms with Gasteiger partial charge in [-0.1, -0.05) is 48.6 Å². The van der Waals surface area contributed by atoms with E-state index in [0.29, 0.717) is 12.5 Å². The monoisotopic (exact) mass is 254 g/mol. The third kappa shape index (κ3) is 5.36. The Morgan fingerprint density at radius 3 is 2.68 bits per heavy atom. The molecular weight excluding hydrogens is 236 g/mol. The molecule has 1 heterocycles. The van der Waals surface area contributed by atoms with E-state index < -0.39 is 0 Å². The maximum absolute atomic E-state index is 5.47. The van der Waals surface area contributed by atoms with Gasteiger partial charge in [0.05, 0.1) is 0 Å². The van der Waals surface area contributed by atoms with Crippen LogP contribution in [0.3, 0.4) is 0 Å². The lowest BCUT2D eigenvalue weighted by Gasteiger charge is -2.04. The van der Waals surface area contributed by atoms with E-state index in [-0.39, 0.29) is 0 Å². The van der Waals surface area contributed by atoms with Crippen LogP contribution in [-0.2, 0) is 0 Å². The van der Waals surface area contributed by atoms with Crippen molar-refractivity contribution in [2.75, 3.05) is 19.7 Å². The van der Waals surface area contributed by atoms with Crippen LogP contribution in [0.1, 0.15) is 5.56 Å². The fourth-order valence-electron chi connectivity index (χ4n) is 1.60. The van der Waals surface area contributed by atoms with Gasteiger partial charge in [0.15, 0.2) is 0 Å². The molecule has 0 aliphatic carbocycles. The van der Waals surface area contributed by atoms with E-state index in [0.717, 1.165) is 13.1 Å². The molecule has 1 aromatic carbocycles. The Morgan fingerprint density at radius 2 is 1.89 bits per heavy atom. The van der Waals surface area contributed by atoms with Crippen LogP contribution in [0, 0.1) is 0 Å². The van der Waals surface area contributed by atoms with E-state index in [4.69, 9.17) is 4.74 Å². The third-order valence-corrected chi connectivity index (χ3v) is 2.54. The van der Waals surface area contributed by atoms with Crippen molar-refractivity contribution in [2.45, 2.75) is 0 Å². The van der Waals surface area contributed by atoms with E-state index in [1.54, 1.807) is 6.20 Å². The highest BCUT2D eigenvalue weighted by molar-refractivity contribution is 5.48. The molecule has 0 bridgehead atoms. The molecule has 0 aliphatic rings. The van der Waals surface area contributed by atoms with E-state index in [2.05, 4.69) is 34.6 Å². The van der Waals surface area contributed by atoms with Crippen molar-refractivity contribution in [3.05, 3.63) is 66.4 Å². The van der Waals surface area contributed by atoms with Crippen molar-refractivity contribution in [1.29, 1.82) is 0 Å². The molecule has 0 radical (unpaired) electrons. The second-order valence-corrected chi connectivity index (χ2v) is 4.03. The Bertz CT molecular complexity index is 483. The van der Waals surface area contributed by atoms with Gasteiger partial charge < -0.3 is 10.1 Å². The molecule has 0 saturated heterocycles. The van der Waals surface area contributed by atoms with E-state index in [9.17, 15) is 0 Å². The molecule has 1 N–H and O–H groups in total. The highest BCUT2D eigenvalue weighted by Gasteiger charge is 1.91. The molecule has 0 atom stereocenters. The molecule has 2 rings (SSSR count). The summed E-state index contributed by atoms with van der Waals surface area (Å²) in [5.41, 5.74) is 1.22. The lowest BCUT2D eigenvalue weighted by molar-refractivity contribution is 0.304. The normalized spacial score (nSPS) is 10.7. The highest BCUT2D eigenvalue weighted by atomic mass is 16.5. The van der Waals surface area contributed by atoms with Gasteiger partial charge in [-0.15, -0.1) is 0 Å². The van der Waals surface area contributed by atoms with Gasteiger partial charge in [-0.2, -0.15) is 0 Å². The van der Waals surface area contributed by atoms with Crippen molar-refractivity contribution in [3.8, 4) is 5.88 Å². The van der Waals surface area contributed by atoms with Crippen LogP contribution in [0.5, 0.6) is 5.88 Å². The maximum atomic E-state index is 5.47. The molecule has 0 saturated carbocycles. The number of nitrogens with one attached hydrogen (secondary N) is 1. The maximum Gasteiger partial charge on any atom is 0.213 e. The summed E-state index contributed by atoms with van der Waals surface area (Å²) in [7, 11) is 0. The molecule has 3 nitrogen and oxygen atoms in total. The SMILES string of the molecule is C(=C\c1ccccc1)/CNCCOc1ccccn1. The molecule has 0 spiro atoms. The number of nitrogens with zero attached hydrogens (tertiary/aromatic N) is 1. The van der Waals surface area contributed by atoms with Gasteiger partial charge in [0.2, 0.25) is 5.88 Å². The van der Waals surface area contributed by atoms with Gasteiger partial charge in [-0.3, -0.25) is 0 Å². The van der Waals surface area contributed by atoms with Crippen LogP contribution in [0.25, 0.3) is 6.08 Å². The first kappa shape index (κ1) is 13.3. The first-order chi connectivity index (χ1) is 9.45. The molecule has 3 heteroatoms. The Balaban J connectivity index is 1.56. The van der Waals surface area contributed by atoms with Gasteiger partial charge >= 0.3 is 0 Å². The van der Waals surface area contributed by atoms with Crippen LogP contribution in [0.2, 0.25) is 0 Å². The van der Waals surface area contributed by atoms with Crippen LogP contribution in [0.15, 0.2) is 60.8 Å². The van der Waals surface area contributed by atoms with Gasteiger partial charge in [0, 0.05) is 25.4 Å². The smallest absolute Gasteiger partial charge is 0.213 e. The number of pyridine rings is 1. The predicted molar refractivity (Wildman–Crippen MR) is 78.1 cm³/mol. The summed E-state index contributed by atoms with van der Waals surface area (Å²) in [4.78, 5) is 4.09. The van der Waals surface area contributed by atoms with E-state index in [1.807, 2.05) is 36.4 Å². The lowest BCUT2D eigenvalue weighted by Crippen LogP contribution is -2.21. The quantitative estimate of drug-likeness (QED) is 0.771. The van der Waals surface area contributed by atoms with Crippen molar-refractivity contribution in [3.63, 3.8) is 0 Å². The van der Waals surface area contributed by atoms with Gasteiger partial charge in [-0.25, -0.2) is 4.98 Å². The molecule has 2 aromatic rings. The lowest BCUT2D eigenvalue weighted by atomic mass is 10.2. The van der Waals surface area contributed by atoms with Crippen LogP contribution in [-0.4, -0.2) is 24.7 Å². The minimum absolute atomic E-state index is 0.621. The first-order valence-electron chi connectivity index (χ1n) is 6.41. The minimum Gasteiger partial charge on any atom is -0.476 e. The Labute approximate surface area is 114 Å². The standard InChI is InChI=1S/C16H18N2O/c1-2-7-15(8-3-1)9-6-11-17-13-14-19-16-10-4-5-12-18-16/h1-10,12,17H,11,13-14H2/b9-6+. The number of aromatic nitrogens is 1. The number of benzene rings is 1. The van der Waals surface area contributed by atoms with Gasteiger partial charge in [-0.05, 0) is 11.6 Å². The molecule has 19 heavy (non-hydrogen) atoms. The molecule has 0 unspecified atom stereocenters. The predicted octanol–water partition coefficient (Wildman–Crippen LogP) is 2.76. The molecular formula is C16H18N2O. The summed E-state index contributed by atoms with van der Waals surface area (Å²) in [6.45, 7) is 2.26. The van der Waals surface area contributed by atoms with Crippen LogP contribution >= 0.6 is 0 Å². The zero-order valence-electron chi connectivity index (χ0n) is 10.8. The third-order valence-electron chi connectivity index (χ3n) is 2.54. The number of ether oxygens (including phenoxy) is 1. The fraction of sp³-hybridized carbons (Fsp3) is 0.188. The Hall–Kier alpha value is -2.13. The van der Waals surface area contributed by atoms with Gasteiger partial charge in [0.1, 0.15) is 6.61 Å². The summed E-state index contributed by atoms with van der Waals surface area (Å²) in [6, 6.07) is 15.9. The van der Waals surface area contributed by atoms with Crippen molar-refractivity contribution in [1.82, 2.24) is 10.3 Å². The summed E-state index contributed by atoms with van der Waals surface area (Å²) in [5.74, 6) is 0.670. The van der Waals surface area contributed by atoms with Gasteiger partial charge in [0.25, 0.3) is 0 Å². The number of hydrogen-bond donors (Lipinski definition) is 1.